The lowest BCUT2D eigenvalue weighted by Crippen LogP contribution is -2.15. The van der Waals surface area contributed by atoms with Gasteiger partial charge in [-0.15, -0.1) is 0 Å². The molecule has 0 saturated carbocycles. The third kappa shape index (κ3) is 13.5. The average molecular weight is 356 g/mol. The second kappa shape index (κ2) is 16.0. The molecule has 0 aliphatic heterocycles. The minimum absolute atomic E-state index is 0.0528. The molecule has 0 heterocycles. The standard InChI is InChI=1S/C18H28O7/c1-20-18(19)16-25-14-12-23-10-8-21-7-9-22-11-13-24-15-17-5-3-2-4-6-17/h2-6H,7-16H2,1H3. The summed E-state index contributed by atoms with van der Waals surface area (Å²) in [7, 11) is 1.32. The molecular weight excluding hydrogens is 328 g/mol. The van der Waals surface area contributed by atoms with Crippen molar-refractivity contribution in [3.63, 3.8) is 0 Å². The molecule has 0 aromatic heterocycles. The third-order valence-corrected chi connectivity index (χ3v) is 3.05. The Bertz CT molecular complexity index is 425. The highest BCUT2D eigenvalue weighted by Crippen LogP contribution is 1.99. The summed E-state index contributed by atoms with van der Waals surface area (Å²) >= 11 is 0. The number of ether oxygens (including phenoxy) is 6. The molecule has 1 aromatic rings. The fourth-order valence-corrected chi connectivity index (χ4v) is 1.76. The van der Waals surface area contributed by atoms with Crippen LogP contribution in [-0.4, -0.2) is 72.5 Å². The smallest absolute Gasteiger partial charge is 0.331 e. The summed E-state index contributed by atoms with van der Waals surface area (Å²) in [5.41, 5.74) is 1.15. The highest BCUT2D eigenvalue weighted by atomic mass is 16.6. The lowest BCUT2D eigenvalue weighted by Gasteiger charge is -2.08. The van der Waals surface area contributed by atoms with E-state index in [-0.39, 0.29) is 6.61 Å². The van der Waals surface area contributed by atoms with Crippen LogP contribution in [0.15, 0.2) is 30.3 Å². The zero-order valence-corrected chi connectivity index (χ0v) is 14.8. The van der Waals surface area contributed by atoms with Crippen LogP contribution < -0.4 is 0 Å². The van der Waals surface area contributed by atoms with Gasteiger partial charge in [0.15, 0.2) is 0 Å². The number of hydrogen-bond acceptors (Lipinski definition) is 7. The Balaban J connectivity index is 1.73. The molecule has 142 valence electrons. The van der Waals surface area contributed by atoms with Crippen LogP contribution in [0.5, 0.6) is 0 Å². The van der Waals surface area contributed by atoms with Gasteiger partial charge in [-0.3, -0.25) is 0 Å². The van der Waals surface area contributed by atoms with Crippen LogP contribution in [0.2, 0.25) is 0 Å². The zero-order chi connectivity index (χ0) is 18.0. The van der Waals surface area contributed by atoms with E-state index in [2.05, 4.69) is 4.74 Å². The lowest BCUT2D eigenvalue weighted by molar-refractivity contribution is -0.146. The molecule has 0 bridgehead atoms. The first-order chi connectivity index (χ1) is 12.3. The molecule has 7 nitrogen and oxygen atoms in total. The minimum Gasteiger partial charge on any atom is -0.467 e. The average Bonchev–Trinajstić information content (AvgIpc) is 2.65. The largest absolute Gasteiger partial charge is 0.467 e. The molecule has 0 N–H and O–H groups in total. The van der Waals surface area contributed by atoms with Gasteiger partial charge < -0.3 is 28.4 Å². The predicted molar refractivity (Wildman–Crippen MR) is 91.4 cm³/mol. The normalized spacial score (nSPS) is 10.8. The van der Waals surface area contributed by atoms with Gasteiger partial charge in [-0.1, -0.05) is 30.3 Å². The molecule has 0 spiro atoms. The van der Waals surface area contributed by atoms with Crippen molar-refractivity contribution < 1.29 is 33.2 Å². The number of esters is 1. The van der Waals surface area contributed by atoms with Gasteiger partial charge in [-0.25, -0.2) is 4.79 Å². The Labute approximate surface area is 149 Å². The molecule has 1 aromatic carbocycles. The second-order valence-electron chi connectivity index (χ2n) is 5.00. The van der Waals surface area contributed by atoms with Crippen LogP contribution in [0, 0.1) is 0 Å². The van der Waals surface area contributed by atoms with E-state index in [1.165, 1.54) is 7.11 Å². The van der Waals surface area contributed by atoms with E-state index in [0.717, 1.165) is 5.56 Å². The summed E-state index contributed by atoms with van der Waals surface area (Å²) in [5, 5.41) is 0. The quantitative estimate of drug-likeness (QED) is 0.328. The minimum atomic E-state index is -0.395. The van der Waals surface area contributed by atoms with Crippen molar-refractivity contribution in [2.24, 2.45) is 0 Å². The molecule has 0 aliphatic rings. The van der Waals surface area contributed by atoms with Gasteiger partial charge in [-0.2, -0.15) is 0 Å². The molecule has 0 saturated heterocycles. The fraction of sp³-hybridized carbons (Fsp3) is 0.611. The van der Waals surface area contributed by atoms with Gasteiger partial charge >= 0.3 is 5.97 Å². The summed E-state index contributed by atoms with van der Waals surface area (Å²) < 4.78 is 31.0. The summed E-state index contributed by atoms with van der Waals surface area (Å²) in [6.07, 6.45) is 0. The van der Waals surface area contributed by atoms with Crippen molar-refractivity contribution in [2.75, 3.05) is 66.6 Å². The number of carbonyl (C=O) groups excluding carboxylic acids is 1. The van der Waals surface area contributed by atoms with Crippen LogP contribution in [0.1, 0.15) is 5.56 Å². The van der Waals surface area contributed by atoms with Gasteiger partial charge in [0.25, 0.3) is 0 Å². The van der Waals surface area contributed by atoms with E-state index in [4.69, 9.17) is 23.7 Å². The Morgan fingerprint density at radius 2 is 1.20 bits per heavy atom. The van der Waals surface area contributed by atoms with Crippen molar-refractivity contribution in [1.82, 2.24) is 0 Å². The fourth-order valence-electron chi connectivity index (χ4n) is 1.76. The molecule has 7 heteroatoms. The van der Waals surface area contributed by atoms with Crippen LogP contribution in [0.3, 0.4) is 0 Å². The van der Waals surface area contributed by atoms with Crippen molar-refractivity contribution in [1.29, 1.82) is 0 Å². The lowest BCUT2D eigenvalue weighted by atomic mass is 10.2. The topological polar surface area (TPSA) is 72.5 Å². The number of carbonyl (C=O) groups is 1. The molecule has 0 amide bonds. The molecule has 0 aliphatic carbocycles. The maximum absolute atomic E-state index is 10.8. The van der Waals surface area contributed by atoms with Gasteiger partial charge in [-0.05, 0) is 5.56 Å². The highest BCUT2D eigenvalue weighted by molar-refractivity contribution is 5.70. The molecule has 25 heavy (non-hydrogen) atoms. The highest BCUT2D eigenvalue weighted by Gasteiger charge is 1.99. The van der Waals surface area contributed by atoms with Gasteiger partial charge in [0.1, 0.15) is 6.61 Å². The van der Waals surface area contributed by atoms with Crippen molar-refractivity contribution >= 4 is 5.97 Å². The van der Waals surface area contributed by atoms with Gasteiger partial charge in [0.2, 0.25) is 0 Å². The van der Waals surface area contributed by atoms with E-state index >= 15 is 0 Å². The molecule has 0 unspecified atom stereocenters. The summed E-state index contributed by atoms with van der Waals surface area (Å²) in [6, 6.07) is 10.0. The van der Waals surface area contributed by atoms with Crippen LogP contribution in [-0.2, 0) is 39.8 Å². The summed E-state index contributed by atoms with van der Waals surface area (Å²) in [6.45, 7) is 4.42. The molecule has 0 radical (unpaired) electrons. The van der Waals surface area contributed by atoms with E-state index in [1.54, 1.807) is 0 Å². The van der Waals surface area contributed by atoms with Crippen molar-refractivity contribution in [3.05, 3.63) is 35.9 Å². The van der Waals surface area contributed by atoms with Crippen molar-refractivity contribution in [2.45, 2.75) is 6.61 Å². The monoisotopic (exact) mass is 356 g/mol. The Morgan fingerprint density at radius 3 is 1.72 bits per heavy atom. The Kier molecular flexibility index (Phi) is 13.8. The first-order valence-electron chi connectivity index (χ1n) is 8.32. The first kappa shape index (κ1) is 21.5. The number of benzene rings is 1. The SMILES string of the molecule is COC(=O)COCCOCCOCCOCCOCc1ccccc1. The molecule has 0 atom stereocenters. The van der Waals surface area contributed by atoms with E-state index in [1.807, 2.05) is 30.3 Å². The van der Waals surface area contributed by atoms with Crippen LogP contribution in [0.25, 0.3) is 0 Å². The Hall–Kier alpha value is -1.51. The Morgan fingerprint density at radius 1 is 0.720 bits per heavy atom. The predicted octanol–water partition coefficient (Wildman–Crippen LogP) is 1.44. The van der Waals surface area contributed by atoms with E-state index in [9.17, 15) is 4.79 Å². The maximum atomic E-state index is 10.8. The number of hydrogen-bond donors (Lipinski definition) is 0. The zero-order valence-electron chi connectivity index (χ0n) is 14.8. The second-order valence-corrected chi connectivity index (χ2v) is 5.00. The van der Waals surface area contributed by atoms with Crippen molar-refractivity contribution in [3.8, 4) is 0 Å². The van der Waals surface area contributed by atoms with Crippen LogP contribution >= 0.6 is 0 Å². The first-order valence-corrected chi connectivity index (χ1v) is 8.32. The number of methoxy groups -OCH3 is 1. The number of rotatable bonds is 16. The molecular formula is C18H28O7. The molecule has 1 rings (SSSR count). The van der Waals surface area contributed by atoms with Crippen LogP contribution in [0.4, 0.5) is 0 Å². The van der Waals surface area contributed by atoms with E-state index < -0.39 is 5.97 Å². The molecule has 0 fully saturated rings. The maximum Gasteiger partial charge on any atom is 0.331 e. The summed E-state index contributed by atoms with van der Waals surface area (Å²) in [4.78, 5) is 10.8. The van der Waals surface area contributed by atoms with E-state index in [0.29, 0.717) is 59.5 Å². The van der Waals surface area contributed by atoms with Gasteiger partial charge in [0, 0.05) is 0 Å². The summed E-state index contributed by atoms with van der Waals surface area (Å²) in [5.74, 6) is -0.395. The van der Waals surface area contributed by atoms with Gasteiger partial charge in [0.05, 0.1) is 66.6 Å². The third-order valence-electron chi connectivity index (χ3n) is 3.05.